The van der Waals surface area contributed by atoms with Crippen LogP contribution in [0.3, 0.4) is 0 Å². The number of hydrogen-bond acceptors (Lipinski definition) is 4. The quantitative estimate of drug-likeness (QED) is 0.924. The Kier molecular flexibility index (Phi) is 3.57. The molecular formula is C17H20N4O. The molecule has 0 spiro atoms. The highest BCUT2D eigenvalue weighted by Crippen LogP contribution is 2.30. The van der Waals surface area contributed by atoms with Crippen molar-refractivity contribution in [3.8, 4) is 6.07 Å². The second kappa shape index (κ2) is 5.71. The van der Waals surface area contributed by atoms with Crippen molar-refractivity contribution < 1.29 is 4.74 Å². The van der Waals surface area contributed by atoms with Gasteiger partial charge in [0.25, 0.3) is 0 Å². The van der Waals surface area contributed by atoms with Gasteiger partial charge >= 0.3 is 0 Å². The summed E-state index contributed by atoms with van der Waals surface area (Å²) in [6.07, 6.45) is 3.46. The SMILES string of the molecule is N#Cc1ccc2nc(C3CCN(C4CCOCC4)C3)[nH]c2c1. The maximum Gasteiger partial charge on any atom is 0.111 e. The molecule has 1 atom stereocenters. The fourth-order valence-corrected chi connectivity index (χ4v) is 3.68. The van der Waals surface area contributed by atoms with Gasteiger partial charge in [0.2, 0.25) is 0 Å². The van der Waals surface area contributed by atoms with Gasteiger partial charge in [0.1, 0.15) is 5.82 Å². The van der Waals surface area contributed by atoms with Crippen LogP contribution in [0.4, 0.5) is 0 Å². The fraction of sp³-hybridized carbons (Fsp3) is 0.529. The average Bonchev–Trinajstić information content (AvgIpc) is 3.21. The summed E-state index contributed by atoms with van der Waals surface area (Å²) in [4.78, 5) is 10.8. The molecule has 5 nitrogen and oxygen atoms in total. The van der Waals surface area contributed by atoms with Crippen molar-refractivity contribution in [3.63, 3.8) is 0 Å². The Balaban J connectivity index is 1.51. The van der Waals surface area contributed by atoms with Crippen LogP contribution in [0, 0.1) is 11.3 Å². The normalized spacial score (nSPS) is 23.9. The highest BCUT2D eigenvalue weighted by molar-refractivity contribution is 5.76. The van der Waals surface area contributed by atoms with Gasteiger partial charge < -0.3 is 9.72 Å². The van der Waals surface area contributed by atoms with Crippen LogP contribution in [-0.2, 0) is 4.74 Å². The Hall–Kier alpha value is -1.90. The molecular weight excluding hydrogens is 276 g/mol. The Morgan fingerprint density at radius 1 is 1.27 bits per heavy atom. The molecule has 1 N–H and O–H groups in total. The first-order chi connectivity index (χ1) is 10.8. The number of imidazole rings is 1. The van der Waals surface area contributed by atoms with E-state index in [2.05, 4.69) is 16.0 Å². The van der Waals surface area contributed by atoms with E-state index in [1.165, 1.54) is 0 Å². The van der Waals surface area contributed by atoms with Crippen molar-refractivity contribution in [3.05, 3.63) is 29.6 Å². The third kappa shape index (κ3) is 2.49. The average molecular weight is 296 g/mol. The van der Waals surface area contributed by atoms with E-state index in [0.29, 0.717) is 17.5 Å². The predicted molar refractivity (Wildman–Crippen MR) is 83.6 cm³/mol. The van der Waals surface area contributed by atoms with Crippen molar-refractivity contribution in [1.82, 2.24) is 14.9 Å². The van der Waals surface area contributed by atoms with Crippen molar-refractivity contribution in [2.24, 2.45) is 0 Å². The van der Waals surface area contributed by atoms with E-state index in [9.17, 15) is 0 Å². The van der Waals surface area contributed by atoms with E-state index in [4.69, 9.17) is 15.0 Å². The summed E-state index contributed by atoms with van der Waals surface area (Å²) in [5.41, 5.74) is 2.61. The summed E-state index contributed by atoms with van der Waals surface area (Å²) in [6.45, 7) is 4.02. The molecule has 1 aromatic carbocycles. The summed E-state index contributed by atoms with van der Waals surface area (Å²) < 4.78 is 5.46. The molecule has 2 aromatic rings. The first-order valence-electron chi connectivity index (χ1n) is 8.05. The highest BCUT2D eigenvalue weighted by atomic mass is 16.5. The molecule has 0 saturated carbocycles. The molecule has 3 heterocycles. The lowest BCUT2D eigenvalue weighted by molar-refractivity contribution is 0.0419. The Labute approximate surface area is 129 Å². The van der Waals surface area contributed by atoms with Crippen LogP contribution in [0.5, 0.6) is 0 Å². The first kappa shape index (κ1) is 13.7. The Morgan fingerprint density at radius 3 is 2.95 bits per heavy atom. The smallest absolute Gasteiger partial charge is 0.111 e. The molecule has 1 aromatic heterocycles. The molecule has 0 radical (unpaired) electrons. The third-order valence-electron chi connectivity index (χ3n) is 4.94. The molecule has 2 saturated heterocycles. The monoisotopic (exact) mass is 296 g/mol. The fourth-order valence-electron chi connectivity index (χ4n) is 3.68. The number of likely N-dealkylation sites (tertiary alicyclic amines) is 1. The maximum atomic E-state index is 8.99. The molecule has 22 heavy (non-hydrogen) atoms. The number of H-pyrrole nitrogens is 1. The van der Waals surface area contributed by atoms with E-state index in [1.54, 1.807) is 0 Å². The number of benzene rings is 1. The summed E-state index contributed by atoms with van der Waals surface area (Å²) in [7, 11) is 0. The molecule has 1 unspecified atom stereocenters. The largest absolute Gasteiger partial charge is 0.381 e. The minimum atomic E-state index is 0.473. The molecule has 2 fully saturated rings. The van der Waals surface area contributed by atoms with Gasteiger partial charge in [0, 0.05) is 31.7 Å². The molecule has 2 aliphatic heterocycles. The van der Waals surface area contributed by atoms with Crippen molar-refractivity contribution in [2.45, 2.75) is 31.2 Å². The van der Waals surface area contributed by atoms with Gasteiger partial charge in [-0.1, -0.05) is 0 Å². The van der Waals surface area contributed by atoms with Crippen LogP contribution in [-0.4, -0.2) is 47.2 Å². The van der Waals surface area contributed by atoms with E-state index in [0.717, 1.165) is 62.4 Å². The maximum absolute atomic E-state index is 8.99. The van der Waals surface area contributed by atoms with E-state index in [1.807, 2.05) is 18.2 Å². The lowest BCUT2D eigenvalue weighted by Gasteiger charge is -2.30. The third-order valence-corrected chi connectivity index (χ3v) is 4.94. The molecule has 2 aliphatic rings. The topological polar surface area (TPSA) is 64.9 Å². The Bertz CT molecular complexity index is 711. The minimum absolute atomic E-state index is 0.473. The zero-order valence-electron chi connectivity index (χ0n) is 12.6. The number of aromatic amines is 1. The zero-order chi connectivity index (χ0) is 14.9. The lowest BCUT2D eigenvalue weighted by atomic mass is 10.1. The summed E-state index contributed by atoms with van der Waals surface area (Å²) in [5.74, 6) is 1.54. The number of nitrogens with zero attached hydrogens (tertiary/aromatic N) is 3. The number of nitriles is 1. The van der Waals surface area contributed by atoms with Crippen LogP contribution in [0.1, 0.15) is 36.6 Å². The number of ether oxygens (including phenoxy) is 1. The number of aromatic nitrogens is 2. The number of nitrogens with one attached hydrogen (secondary N) is 1. The first-order valence-corrected chi connectivity index (χ1v) is 8.05. The molecule has 4 rings (SSSR count). The number of hydrogen-bond donors (Lipinski definition) is 1. The van der Waals surface area contributed by atoms with Gasteiger partial charge in [0.05, 0.1) is 22.7 Å². The Morgan fingerprint density at radius 2 is 2.14 bits per heavy atom. The van der Waals surface area contributed by atoms with E-state index >= 15 is 0 Å². The second-order valence-corrected chi connectivity index (χ2v) is 6.29. The van der Waals surface area contributed by atoms with E-state index < -0.39 is 0 Å². The van der Waals surface area contributed by atoms with Crippen molar-refractivity contribution in [2.75, 3.05) is 26.3 Å². The molecule has 0 amide bonds. The lowest BCUT2D eigenvalue weighted by Crippen LogP contribution is -2.37. The van der Waals surface area contributed by atoms with Crippen LogP contribution >= 0.6 is 0 Å². The van der Waals surface area contributed by atoms with Gasteiger partial charge in [0.15, 0.2) is 0 Å². The molecule has 0 bridgehead atoms. The van der Waals surface area contributed by atoms with Gasteiger partial charge in [-0.25, -0.2) is 4.98 Å². The summed E-state index contributed by atoms with van der Waals surface area (Å²) in [6, 6.07) is 8.50. The zero-order valence-corrected chi connectivity index (χ0v) is 12.6. The number of fused-ring (bicyclic) bond motifs is 1. The van der Waals surface area contributed by atoms with Crippen molar-refractivity contribution >= 4 is 11.0 Å². The van der Waals surface area contributed by atoms with Gasteiger partial charge in [-0.05, 0) is 44.0 Å². The number of rotatable bonds is 2. The van der Waals surface area contributed by atoms with Crippen LogP contribution in [0.2, 0.25) is 0 Å². The molecule has 114 valence electrons. The highest BCUT2D eigenvalue weighted by Gasteiger charge is 2.31. The summed E-state index contributed by atoms with van der Waals surface area (Å²) >= 11 is 0. The molecule has 0 aliphatic carbocycles. The second-order valence-electron chi connectivity index (χ2n) is 6.29. The van der Waals surface area contributed by atoms with Gasteiger partial charge in [-0.3, -0.25) is 4.90 Å². The van der Waals surface area contributed by atoms with Crippen LogP contribution in [0.25, 0.3) is 11.0 Å². The van der Waals surface area contributed by atoms with E-state index in [-0.39, 0.29) is 0 Å². The van der Waals surface area contributed by atoms with Crippen LogP contribution < -0.4 is 0 Å². The van der Waals surface area contributed by atoms with Gasteiger partial charge in [-0.15, -0.1) is 0 Å². The predicted octanol–water partition coefficient (Wildman–Crippen LogP) is 2.40. The minimum Gasteiger partial charge on any atom is -0.381 e. The molecule has 5 heteroatoms. The summed E-state index contributed by atoms with van der Waals surface area (Å²) in [5, 5.41) is 8.99. The van der Waals surface area contributed by atoms with Crippen LogP contribution in [0.15, 0.2) is 18.2 Å². The van der Waals surface area contributed by atoms with Crippen molar-refractivity contribution in [1.29, 1.82) is 5.26 Å². The van der Waals surface area contributed by atoms with Gasteiger partial charge in [-0.2, -0.15) is 5.26 Å². The standard InChI is InChI=1S/C17H20N4O/c18-10-12-1-2-15-16(9-12)20-17(19-15)13-3-6-21(11-13)14-4-7-22-8-5-14/h1-2,9,13-14H,3-8,11H2,(H,19,20).